The van der Waals surface area contributed by atoms with E-state index in [0.29, 0.717) is 12.2 Å². The van der Waals surface area contributed by atoms with E-state index in [1.807, 2.05) is 54.3 Å². The monoisotopic (exact) mass is 382 g/mol. The fourth-order valence-corrected chi connectivity index (χ4v) is 4.54. The molecule has 0 radical (unpaired) electrons. The van der Waals surface area contributed by atoms with Crippen LogP contribution in [0.25, 0.3) is 0 Å². The van der Waals surface area contributed by atoms with E-state index in [0.717, 1.165) is 36.2 Å². The molecular formula is C22H26N2O2S. The van der Waals surface area contributed by atoms with Crippen LogP contribution in [0.5, 0.6) is 0 Å². The van der Waals surface area contributed by atoms with E-state index < -0.39 is 0 Å². The van der Waals surface area contributed by atoms with Gasteiger partial charge in [0.25, 0.3) is 0 Å². The highest BCUT2D eigenvalue weighted by Gasteiger charge is 2.35. The van der Waals surface area contributed by atoms with Gasteiger partial charge in [-0.25, -0.2) is 0 Å². The number of benzene rings is 2. The Kier molecular flexibility index (Phi) is 6.56. The molecule has 0 bridgehead atoms. The molecule has 27 heavy (non-hydrogen) atoms. The summed E-state index contributed by atoms with van der Waals surface area (Å²) in [5, 5.41) is 2.88. The first-order chi connectivity index (χ1) is 13.1. The SMILES string of the molecule is CCCC(=O)Nc1cccc(C2SCC(=O)N2c2ccccc2CCC)c1. The molecule has 2 aromatic carbocycles. The van der Waals surface area contributed by atoms with Crippen molar-refractivity contribution >= 4 is 35.0 Å². The second-order valence-corrected chi connectivity index (χ2v) is 7.80. The molecule has 0 aromatic heterocycles. The maximum Gasteiger partial charge on any atom is 0.238 e. The summed E-state index contributed by atoms with van der Waals surface area (Å²) in [7, 11) is 0. The zero-order valence-electron chi connectivity index (χ0n) is 15.9. The van der Waals surface area contributed by atoms with Crippen LogP contribution in [-0.2, 0) is 16.0 Å². The third kappa shape index (κ3) is 4.53. The van der Waals surface area contributed by atoms with Gasteiger partial charge in [0.15, 0.2) is 0 Å². The van der Waals surface area contributed by atoms with Crippen LogP contribution in [0, 0.1) is 0 Å². The summed E-state index contributed by atoms with van der Waals surface area (Å²) in [4.78, 5) is 26.5. The van der Waals surface area contributed by atoms with Crippen LogP contribution < -0.4 is 10.2 Å². The summed E-state index contributed by atoms with van der Waals surface area (Å²) in [6.45, 7) is 4.14. The van der Waals surface area contributed by atoms with E-state index in [-0.39, 0.29) is 17.2 Å². The van der Waals surface area contributed by atoms with E-state index >= 15 is 0 Å². The molecule has 4 nitrogen and oxygen atoms in total. The lowest BCUT2D eigenvalue weighted by molar-refractivity contribution is -0.116. The number of nitrogens with zero attached hydrogens (tertiary/aromatic N) is 1. The van der Waals surface area contributed by atoms with E-state index in [4.69, 9.17) is 0 Å². The normalized spacial score (nSPS) is 16.6. The first kappa shape index (κ1) is 19.5. The molecule has 0 saturated carbocycles. The Morgan fingerprint density at radius 1 is 1.15 bits per heavy atom. The molecule has 0 aliphatic carbocycles. The second-order valence-electron chi connectivity index (χ2n) is 6.73. The van der Waals surface area contributed by atoms with Gasteiger partial charge in [0.05, 0.1) is 5.75 Å². The number of rotatable bonds is 7. The fraction of sp³-hybridized carbons (Fsp3) is 0.364. The summed E-state index contributed by atoms with van der Waals surface area (Å²) in [5.41, 5.74) is 4.02. The number of aryl methyl sites for hydroxylation is 1. The lowest BCUT2D eigenvalue weighted by atomic mass is 10.1. The smallest absolute Gasteiger partial charge is 0.238 e. The topological polar surface area (TPSA) is 49.4 Å². The average molecular weight is 383 g/mol. The lowest BCUT2D eigenvalue weighted by Gasteiger charge is -2.27. The predicted molar refractivity (Wildman–Crippen MR) is 113 cm³/mol. The molecule has 2 amide bonds. The fourth-order valence-electron chi connectivity index (χ4n) is 3.38. The molecular weight excluding hydrogens is 356 g/mol. The molecule has 1 aliphatic heterocycles. The number of para-hydroxylation sites is 1. The van der Waals surface area contributed by atoms with Crippen LogP contribution in [0.2, 0.25) is 0 Å². The molecule has 1 atom stereocenters. The van der Waals surface area contributed by atoms with Crippen LogP contribution in [0.4, 0.5) is 11.4 Å². The summed E-state index contributed by atoms with van der Waals surface area (Å²) in [5.74, 6) is 0.626. The molecule has 1 fully saturated rings. The zero-order valence-corrected chi connectivity index (χ0v) is 16.7. The lowest BCUT2D eigenvalue weighted by Crippen LogP contribution is -2.28. The van der Waals surface area contributed by atoms with Gasteiger partial charge in [-0.2, -0.15) is 0 Å². The molecule has 3 rings (SSSR count). The molecule has 1 N–H and O–H groups in total. The van der Waals surface area contributed by atoms with Crippen molar-refractivity contribution in [1.82, 2.24) is 0 Å². The van der Waals surface area contributed by atoms with Crippen LogP contribution >= 0.6 is 11.8 Å². The van der Waals surface area contributed by atoms with Gasteiger partial charge in [-0.05, 0) is 42.2 Å². The Morgan fingerprint density at radius 3 is 2.74 bits per heavy atom. The van der Waals surface area contributed by atoms with Crippen LogP contribution in [-0.4, -0.2) is 17.6 Å². The van der Waals surface area contributed by atoms with Crippen molar-refractivity contribution in [3.05, 3.63) is 59.7 Å². The molecule has 5 heteroatoms. The number of hydrogen-bond acceptors (Lipinski definition) is 3. The third-order valence-electron chi connectivity index (χ3n) is 4.57. The predicted octanol–water partition coefficient (Wildman–Crippen LogP) is 5.16. The zero-order chi connectivity index (χ0) is 19.2. The quantitative estimate of drug-likeness (QED) is 0.720. The Morgan fingerprint density at radius 2 is 1.96 bits per heavy atom. The van der Waals surface area contributed by atoms with Gasteiger partial charge in [-0.1, -0.05) is 50.6 Å². The highest BCUT2D eigenvalue weighted by atomic mass is 32.2. The standard InChI is InChI=1S/C22H26N2O2S/c1-3-8-16-10-5-6-13-19(16)24-21(26)15-27-22(24)17-11-7-12-18(14-17)23-20(25)9-4-2/h5-7,10-14,22H,3-4,8-9,15H2,1-2H3,(H,23,25). The maximum absolute atomic E-state index is 12.7. The first-order valence-electron chi connectivity index (χ1n) is 9.55. The van der Waals surface area contributed by atoms with Crippen molar-refractivity contribution in [2.45, 2.75) is 44.9 Å². The highest BCUT2D eigenvalue weighted by Crippen LogP contribution is 2.43. The Balaban J connectivity index is 1.90. The van der Waals surface area contributed by atoms with E-state index in [2.05, 4.69) is 18.3 Å². The molecule has 1 aliphatic rings. The average Bonchev–Trinajstić information content (AvgIpc) is 3.04. The Hall–Kier alpha value is -2.27. The highest BCUT2D eigenvalue weighted by molar-refractivity contribution is 8.00. The summed E-state index contributed by atoms with van der Waals surface area (Å²) in [6.07, 6.45) is 3.32. The first-order valence-corrected chi connectivity index (χ1v) is 10.6. The van der Waals surface area contributed by atoms with Crippen molar-refractivity contribution in [2.75, 3.05) is 16.0 Å². The number of nitrogens with one attached hydrogen (secondary N) is 1. The minimum absolute atomic E-state index is 0.0231. The number of carbonyl (C=O) groups excluding carboxylic acids is 2. The van der Waals surface area contributed by atoms with Crippen molar-refractivity contribution < 1.29 is 9.59 Å². The van der Waals surface area contributed by atoms with Gasteiger partial charge in [-0.3, -0.25) is 14.5 Å². The number of thioether (sulfide) groups is 1. The van der Waals surface area contributed by atoms with Gasteiger partial charge in [-0.15, -0.1) is 11.8 Å². The number of amides is 2. The number of carbonyl (C=O) groups is 2. The van der Waals surface area contributed by atoms with Crippen molar-refractivity contribution in [2.24, 2.45) is 0 Å². The number of hydrogen-bond donors (Lipinski definition) is 1. The maximum atomic E-state index is 12.7. The third-order valence-corrected chi connectivity index (χ3v) is 5.78. The summed E-state index contributed by atoms with van der Waals surface area (Å²) >= 11 is 1.63. The van der Waals surface area contributed by atoms with Gasteiger partial charge in [0.1, 0.15) is 5.37 Å². The number of anilines is 2. The van der Waals surface area contributed by atoms with Gasteiger partial charge in [0.2, 0.25) is 11.8 Å². The van der Waals surface area contributed by atoms with Gasteiger partial charge in [0, 0.05) is 17.8 Å². The van der Waals surface area contributed by atoms with Crippen LogP contribution in [0.15, 0.2) is 48.5 Å². The van der Waals surface area contributed by atoms with Crippen LogP contribution in [0.1, 0.15) is 49.6 Å². The van der Waals surface area contributed by atoms with Crippen molar-refractivity contribution in [1.29, 1.82) is 0 Å². The summed E-state index contributed by atoms with van der Waals surface area (Å²) in [6, 6.07) is 16.0. The van der Waals surface area contributed by atoms with Crippen LogP contribution in [0.3, 0.4) is 0 Å². The molecule has 1 saturated heterocycles. The molecule has 2 aromatic rings. The van der Waals surface area contributed by atoms with E-state index in [1.54, 1.807) is 11.8 Å². The molecule has 0 spiro atoms. The molecule has 142 valence electrons. The van der Waals surface area contributed by atoms with Crippen molar-refractivity contribution in [3.63, 3.8) is 0 Å². The van der Waals surface area contributed by atoms with Crippen molar-refractivity contribution in [3.8, 4) is 0 Å². The molecule has 1 heterocycles. The van der Waals surface area contributed by atoms with E-state index in [1.165, 1.54) is 5.56 Å². The van der Waals surface area contributed by atoms with E-state index in [9.17, 15) is 9.59 Å². The minimum Gasteiger partial charge on any atom is -0.326 e. The second kappa shape index (κ2) is 9.09. The Bertz CT molecular complexity index is 821. The molecule has 1 unspecified atom stereocenters. The Labute approximate surface area is 165 Å². The summed E-state index contributed by atoms with van der Waals surface area (Å²) < 4.78 is 0. The van der Waals surface area contributed by atoms with Gasteiger partial charge < -0.3 is 5.32 Å². The largest absolute Gasteiger partial charge is 0.326 e. The van der Waals surface area contributed by atoms with Gasteiger partial charge >= 0.3 is 0 Å². The minimum atomic E-state index is -0.0708.